The summed E-state index contributed by atoms with van der Waals surface area (Å²) in [5.41, 5.74) is -0.125. The molecule has 27 heavy (non-hydrogen) atoms. The molecule has 2 N–H and O–H groups in total. The third-order valence-corrected chi connectivity index (χ3v) is 2.61. The smallest absolute Gasteiger partial charge is 0.452 e. The largest absolute Gasteiger partial charge is 0.573 e. The van der Waals surface area contributed by atoms with E-state index in [4.69, 9.17) is 0 Å². The lowest BCUT2D eigenvalue weighted by Crippen LogP contribution is -2.49. The molecule has 3 amide bonds. The third-order valence-electron chi connectivity index (χ3n) is 2.61. The minimum absolute atomic E-state index is 0.396. The van der Waals surface area contributed by atoms with Crippen LogP contribution in [0.25, 0.3) is 6.08 Å². The predicted octanol–water partition coefficient (Wildman–Crippen LogP) is 2.77. The van der Waals surface area contributed by atoms with Gasteiger partial charge < -0.3 is 14.8 Å². The van der Waals surface area contributed by atoms with E-state index in [9.17, 15) is 27.6 Å². The van der Waals surface area contributed by atoms with Crippen molar-refractivity contribution in [1.29, 1.82) is 0 Å². The Labute approximate surface area is 153 Å². The van der Waals surface area contributed by atoms with Gasteiger partial charge in [-0.05, 0) is 44.5 Å². The Hall–Kier alpha value is -3.04. The van der Waals surface area contributed by atoms with E-state index in [1.807, 2.05) is 5.32 Å². The van der Waals surface area contributed by atoms with Crippen LogP contribution in [-0.2, 0) is 14.3 Å². The van der Waals surface area contributed by atoms with Gasteiger partial charge in [-0.3, -0.25) is 10.1 Å². The summed E-state index contributed by atoms with van der Waals surface area (Å²) in [7, 11) is 0. The fourth-order valence-corrected chi connectivity index (χ4v) is 1.66. The number of hydrogen-bond acceptors (Lipinski definition) is 5. The van der Waals surface area contributed by atoms with Crippen molar-refractivity contribution in [1.82, 2.24) is 10.6 Å². The van der Waals surface area contributed by atoms with Crippen LogP contribution in [0.15, 0.2) is 30.3 Å². The average Bonchev–Trinajstić information content (AvgIpc) is 2.48. The first kappa shape index (κ1) is 22.0. The Balaban J connectivity index is 2.43. The summed E-state index contributed by atoms with van der Waals surface area (Å²) in [6.45, 7) is 4.51. The van der Waals surface area contributed by atoms with Crippen LogP contribution in [0.3, 0.4) is 0 Å². The van der Waals surface area contributed by atoms with Gasteiger partial charge in [0.05, 0.1) is 0 Å². The number of ether oxygens (including phenoxy) is 2. The van der Waals surface area contributed by atoms with E-state index in [0.29, 0.717) is 5.56 Å². The van der Waals surface area contributed by atoms with Gasteiger partial charge in [0.2, 0.25) is 0 Å². The molecule has 7 nitrogen and oxygen atoms in total. The molecule has 0 bridgehead atoms. The van der Waals surface area contributed by atoms with E-state index in [2.05, 4.69) is 14.8 Å². The fraction of sp³-hybridized carbons (Fsp3) is 0.353. The monoisotopic (exact) mass is 388 g/mol. The zero-order valence-corrected chi connectivity index (χ0v) is 14.8. The molecule has 0 saturated heterocycles. The van der Waals surface area contributed by atoms with Crippen molar-refractivity contribution in [2.75, 3.05) is 6.61 Å². The van der Waals surface area contributed by atoms with Gasteiger partial charge in [0.15, 0.2) is 6.61 Å². The quantitative estimate of drug-likeness (QED) is 0.598. The van der Waals surface area contributed by atoms with E-state index >= 15 is 0 Å². The summed E-state index contributed by atoms with van der Waals surface area (Å²) in [4.78, 5) is 34.5. The van der Waals surface area contributed by atoms with Crippen LogP contribution in [0.5, 0.6) is 5.75 Å². The summed E-state index contributed by atoms with van der Waals surface area (Å²) in [6, 6.07) is 4.04. The molecule has 148 valence electrons. The number of urea groups is 1. The van der Waals surface area contributed by atoms with Crippen molar-refractivity contribution < 1.29 is 37.0 Å². The summed E-state index contributed by atoms with van der Waals surface area (Å²) < 4.78 is 44.5. The van der Waals surface area contributed by atoms with Crippen molar-refractivity contribution >= 4 is 24.0 Å². The molecule has 0 heterocycles. The van der Waals surface area contributed by atoms with Gasteiger partial charge in [0.25, 0.3) is 5.91 Å². The van der Waals surface area contributed by atoms with Crippen LogP contribution in [0.1, 0.15) is 26.3 Å². The van der Waals surface area contributed by atoms with Crippen molar-refractivity contribution in [3.05, 3.63) is 35.9 Å². The van der Waals surface area contributed by atoms with Crippen LogP contribution in [0.2, 0.25) is 0 Å². The molecule has 0 atom stereocenters. The molecule has 0 radical (unpaired) electrons. The summed E-state index contributed by atoms with van der Waals surface area (Å²) in [5, 5.41) is 4.49. The average molecular weight is 388 g/mol. The standard InChI is InChI=1S/C17H19F3N2O5/c1-16(2,3)22-15(25)21-13(23)10-26-14(24)9-6-11-4-7-12(8-5-11)27-17(18,19)20/h4-9H,10H2,1-3H3,(H2,21,22,23,25)/b9-6+. The molecular weight excluding hydrogens is 369 g/mol. The number of benzene rings is 1. The highest BCUT2D eigenvalue weighted by atomic mass is 19.4. The Morgan fingerprint density at radius 1 is 1.07 bits per heavy atom. The molecule has 0 saturated carbocycles. The lowest BCUT2D eigenvalue weighted by molar-refractivity contribution is -0.274. The number of carbonyl (C=O) groups is 3. The van der Waals surface area contributed by atoms with Gasteiger partial charge in [-0.1, -0.05) is 12.1 Å². The molecule has 0 fully saturated rings. The Morgan fingerprint density at radius 2 is 1.67 bits per heavy atom. The van der Waals surface area contributed by atoms with Crippen LogP contribution in [0, 0.1) is 0 Å². The summed E-state index contributed by atoms with van der Waals surface area (Å²) in [5.74, 6) is -2.07. The molecule has 0 aliphatic heterocycles. The number of imide groups is 1. The summed E-state index contributed by atoms with van der Waals surface area (Å²) in [6.07, 6.45) is -2.52. The Morgan fingerprint density at radius 3 is 2.19 bits per heavy atom. The van der Waals surface area contributed by atoms with E-state index in [-0.39, 0.29) is 0 Å². The molecule has 0 aliphatic carbocycles. The van der Waals surface area contributed by atoms with Crippen LogP contribution in [0.4, 0.5) is 18.0 Å². The SMILES string of the molecule is CC(C)(C)NC(=O)NC(=O)COC(=O)/C=C/c1ccc(OC(F)(F)F)cc1. The Bertz CT molecular complexity index is 707. The number of rotatable bonds is 5. The molecule has 0 spiro atoms. The second-order valence-electron chi connectivity index (χ2n) is 6.31. The molecule has 0 aromatic heterocycles. The van der Waals surface area contributed by atoms with Crippen molar-refractivity contribution in [3.8, 4) is 5.75 Å². The minimum atomic E-state index is -4.79. The number of nitrogens with one attached hydrogen (secondary N) is 2. The molecule has 1 aromatic rings. The summed E-state index contributed by atoms with van der Waals surface area (Å²) >= 11 is 0. The number of hydrogen-bond donors (Lipinski definition) is 2. The van der Waals surface area contributed by atoms with Gasteiger partial charge >= 0.3 is 18.4 Å². The number of alkyl halides is 3. The second kappa shape index (κ2) is 9.06. The van der Waals surface area contributed by atoms with Gasteiger partial charge in [-0.25, -0.2) is 9.59 Å². The van der Waals surface area contributed by atoms with E-state index in [1.165, 1.54) is 18.2 Å². The molecular formula is C17H19F3N2O5. The first-order valence-corrected chi connectivity index (χ1v) is 7.67. The molecule has 0 aliphatic rings. The molecule has 10 heteroatoms. The van der Waals surface area contributed by atoms with E-state index in [0.717, 1.165) is 18.2 Å². The third kappa shape index (κ3) is 10.5. The van der Waals surface area contributed by atoms with Crippen LogP contribution < -0.4 is 15.4 Å². The number of carbonyl (C=O) groups excluding carboxylic acids is 3. The maximum atomic E-state index is 12.1. The Kier molecular flexibility index (Phi) is 7.38. The highest BCUT2D eigenvalue weighted by Crippen LogP contribution is 2.22. The molecule has 1 aromatic carbocycles. The predicted molar refractivity (Wildman–Crippen MR) is 89.5 cm³/mol. The first-order valence-electron chi connectivity index (χ1n) is 7.67. The number of halogens is 3. The van der Waals surface area contributed by atoms with E-state index in [1.54, 1.807) is 20.8 Å². The highest BCUT2D eigenvalue weighted by Gasteiger charge is 2.30. The first-order chi connectivity index (χ1) is 12.3. The topological polar surface area (TPSA) is 93.7 Å². The lowest BCUT2D eigenvalue weighted by Gasteiger charge is -2.20. The van der Waals surface area contributed by atoms with Crippen molar-refractivity contribution in [3.63, 3.8) is 0 Å². The fourth-order valence-electron chi connectivity index (χ4n) is 1.66. The molecule has 1 rings (SSSR count). The maximum absolute atomic E-state index is 12.1. The number of esters is 1. The zero-order valence-electron chi connectivity index (χ0n) is 14.8. The van der Waals surface area contributed by atoms with Gasteiger partial charge in [0, 0.05) is 11.6 Å². The zero-order chi connectivity index (χ0) is 20.7. The number of amides is 3. The van der Waals surface area contributed by atoms with Gasteiger partial charge in [-0.2, -0.15) is 0 Å². The van der Waals surface area contributed by atoms with Crippen LogP contribution >= 0.6 is 0 Å². The van der Waals surface area contributed by atoms with Crippen molar-refractivity contribution in [2.24, 2.45) is 0 Å². The van der Waals surface area contributed by atoms with E-state index < -0.39 is 42.2 Å². The van der Waals surface area contributed by atoms with Gasteiger partial charge in [0.1, 0.15) is 5.75 Å². The minimum Gasteiger partial charge on any atom is -0.452 e. The normalized spacial score (nSPS) is 11.8. The lowest BCUT2D eigenvalue weighted by atomic mass is 10.1. The van der Waals surface area contributed by atoms with Crippen molar-refractivity contribution in [2.45, 2.75) is 32.7 Å². The highest BCUT2D eigenvalue weighted by molar-refractivity contribution is 5.96. The van der Waals surface area contributed by atoms with Crippen LogP contribution in [-0.4, -0.2) is 36.4 Å². The maximum Gasteiger partial charge on any atom is 0.573 e. The molecule has 0 unspecified atom stereocenters. The second-order valence-corrected chi connectivity index (χ2v) is 6.31. The van der Waals surface area contributed by atoms with Gasteiger partial charge in [-0.15, -0.1) is 13.2 Å².